The van der Waals surface area contributed by atoms with Crippen molar-refractivity contribution in [3.05, 3.63) is 86.5 Å². The third-order valence-electron chi connectivity index (χ3n) is 10.0. The van der Waals surface area contributed by atoms with Gasteiger partial charge in [-0.2, -0.15) is 18.4 Å². The van der Waals surface area contributed by atoms with E-state index in [1.807, 2.05) is 6.07 Å². The van der Waals surface area contributed by atoms with Crippen LogP contribution in [0, 0.1) is 30.1 Å². The molecule has 10 nitrogen and oxygen atoms in total. The number of hydrogen-bond donors (Lipinski definition) is 3. The number of carbonyl (C=O) groups excluding carboxylic acids is 1. The summed E-state index contributed by atoms with van der Waals surface area (Å²) in [5.74, 6) is 0.567. The van der Waals surface area contributed by atoms with Gasteiger partial charge >= 0.3 is 6.18 Å². The normalized spacial score (nSPS) is 15.5. The fraction of sp³-hybridized carbons (Fsp3) is 0.432. The summed E-state index contributed by atoms with van der Waals surface area (Å²) in [5.41, 5.74) is 3.85. The summed E-state index contributed by atoms with van der Waals surface area (Å²) in [6.45, 7) is 9.85. The van der Waals surface area contributed by atoms with E-state index in [4.69, 9.17) is 0 Å². The lowest BCUT2D eigenvalue weighted by Gasteiger charge is -2.33. The van der Waals surface area contributed by atoms with Gasteiger partial charge in [0.05, 0.1) is 11.8 Å². The van der Waals surface area contributed by atoms with E-state index >= 15 is 0 Å². The molecule has 6 rings (SSSR count). The van der Waals surface area contributed by atoms with E-state index in [0.717, 1.165) is 66.7 Å². The maximum absolute atomic E-state index is 13.0. The van der Waals surface area contributed by atoms with Crippen molar-refractivity contribution in [1.82, 2.24) is 29.7 Å². The second-order valence-corrected chi connectivity index (χ2v) is 14.6. The number of aromatic nitrogens is 4. The first kappa shape index (κ1) is 36.1. The molecule has 268 valence electrons. The van der Waals surface area contributed by atoms with Crippen molar-refractivity contribution in [3.8, 4) is 6.07 Å². The Hall–Kier alpha value is -4.74. The van der Waals surface area contributed by atoms with Crippen molar-refractivity contribution >= 4 is 44.2 Å². The van der Waals surface area contributed by atoms with Gasteiger partial charge in [0, 0.05) is 60.6 Å². The molecule has 1 aliphatic rings. The lowest BCUT2D eigenvalue weighted by Crippen LogP contribution is -2.39. The number of aryl methyl sites for hydroxylation is 1. The molecule has 1 aromatic carbocycles. The van der Waals surface area contributed by atoms with Gasteiger partial charge in [0.15, 0.2) is 0 Å². The van der Waals surface area contributed by atoms with Crippen LogP contribution in [-0.2, 0) is 19.5 Å². The summed E-state index contributed by atoms with van der Waals surface area (Å²) in [7, 11) is 0. The molecule has 0 spiro atoms. The molecule has 0 bridgehead atoms. The van der Waals surface area contributed by atoms with Crippen LogP contribution >= 0.6 is 11.3 Å². The maximum atomic E-state index is 13.0. The number of H-pyrrole nitrogens is 1. The number of piperidine rings is 1. The van der Waals surface area contributed by atoms with Crippen molar-refractivity contribution in [2.75, 3.05) is 25.0 Å². The molecule has 5 aromatic rings. The molecule has 5 heterocycles. The van der Waals surface area contributed by atoms with Crippen LogP contribution in [0.1, 0.15) is 65.3 Å². The van der Waals surface area contributed by atoms with E-state index < -0.39 is 12.6 Å². The first-order valence-electron chi connectivity index (χ1n) is 17.2. The topological polar surface area (TPSA) is 132 Å². The van der Waals surface area contributed by atoms with Gasteiger partial charge in [-0.3, -0.25) is 14.5 Å². The molecule has 14 heteroatoms. The number of carbonyl (C=O) groups is 1. The number of nitrogens with one attached hydrogen (secondary N) is 3. The van der Waals surface area contributed by atoms with Gasteiger partial charge in [0.25, 0.3) is 5.91 Å². The van der Waals surface area contributed by atoms with Gasteiger partial charge in [-0.1, -0.05) is 32.4 Å². The highest BCUT2D eigenvalue weighted by atomic mass is 32.1. The van der Waals surface area contributed by atoms with Crippen LogP contribution in [0.2, 0.25) is 0 Å². The zero-order chi connectivity index (χ0) is 36.3. The van der Waals surface area contributed by atoms with Crippen LogP contribution in [0.3, 0.4) is 0 Å². The van der Waals surface area contributed by atoms with Gasteiger partial charge in [0.2, 0.25) is 5.56 Å². The minimum Gasteiger partial charge on any atom is -0.367 e. The Balaban J connectivity index is 1.08. The van der Waals surface area contributed by atoms with Crippen LogP contribution in [0.4, 0.5) is 19.0 Å². The number of amides is 1. The highest BCUT2D eigenvalue weighted by molar-refractivity contribution is 7.18. The number of alkyl halides is 3. The number of nitriles is 1. The zero-order valence-electron chi connectivity index (χ0n) is 28.8. The molecule has 2 atom stereocenters. The predicted molar refractivity (Wildman–Crippen MR) is 193 cm³/mol. The van der Waals surface area contributed by atoms with Crippen molar-refractivity contribution in [2.45, 2.75) is 71.8 Å². The zero-order valence-corrected chi connectivity index (χ0v) is 29.6. The summed E-state index contributed by atoms with van der Waals surface area (Å²) >= 11 is 1.05. The van der Waals surface area contributed by atoms with E-state index in [2.05, 4.69) is 74.0 Å². The average Bonchev–Trinajstić information content (AvgIpc) is 3.68. The van der Waals surface area contributed by atoms with Crippen LogP contribution in [0.5, 0.6) is 0 Å². The molecule has 1 aliphatic heterocycles. The maximum Gasteiger partial charge on any atom is 0.393 e. The van der Waals surface area contributed by atoms with E-state index in [-0.39, 0.29) is 39.9 Å². The van der Waals surface area contributed by atoms with Crippen molar-refractivity contribution < 1.29 is 18.0 Å². The number of anilines is 1. The summed E-state index contributed by atoms with van der Waals surface area (Å²) in [6, 6.07) is 14.8. The number of nitrogens with zero attached hydrogens (tertiary/aromatic N) is 5. The first-order chi connectivity index (χ1) is 24.4. The Morgan fingerprint density at radius 3 is 2.65 bits per heavy atom. The number of aromatic amines is 1. The molecule has 51 heavy (non-hydrogen) atoms. The number of likely N-dealkylation sites (tertiary alicyclic amines) is 1. The second kappa shape index (κ2) is 15.2. The van der Waals surface area contributed by atoms with Crippen molar-refractivity contribution in [2.24, 2.45) is 11.8 Å². The molecule has 0 radical (unpaired) electrons. The van der Waals surface area contributed by atoms with Gasteiger partial charge in [-0.15, -0.1) is 11.3 Å². The van der Waals surface area contributed by atoms with E-state index in [9.17, 15) is 28.0 Å². The van der Waals surface area contributed by atoms with Gasteiger partial charge in [-0.05, 0) is 67.0 Å². The van der Waals surface area contributed by atoms with Crippen LogP contribution in [0.25, 0.3) is 21.1 Å². The van der Waals surface area contributed by atoms with Crippen molar-refractivity contribution in [3.63, 3.8) is 0 Å². The lowest BCUT2D eigenvalue weighted by atomic mass is 9.91. The van der Waals surface area contributed by atoms with Gasteiger partial charge in [-0.25, -0.2) is 9.97 Å². The number of fused-ring (bicyclic) bond motifs is 2. The number of benzene rings is 1. The number of hydrogen-bond acceptors (Lipinski definition) is 8. The lowest BCUT2D eigenvalue weighted by molar-refractivity contribution is -0.126. The summed E-state index contributed by atoms with van der Waals surface area (Å²) in [5, 5.41) is 18.2. The highest BCUT2D eigenvalue weighted by Crippen LogP contribution is 2.34. The molecule has 1 amide bonds. The van der Waals surface area contributed by atoms with Crippen LogP contribution < -0.4 is 16.2 Å². The molecule has 3 N–H and O–H groups in total. The second-order valence-electron chi connectivity index (χ2n) is 13.5. The fourth-order valence-corrected chi connectivity index (χ4v) is 8.02. The molecular weight excluding hydrogens is 678 g/mol. The quantitative estimate of drug-likeness (QED) is 0.130. The fourth-order valence-electron chi connectivity index (χ4n) is 7.00. The Morgan fingerprint density at radius 2 is 1.94 bits per heavy atom. The Bertz CT molecular complexity index is 2120. The highest BCUT2D eigenvalue weighted by Gasteiger charge is 2.29. The minimum absolute atomic E-state index is 0.119. The smallest absolute Gasteiger partial charge is 0.367 e. The molecule has 0 aliphatic carbocycles. The summed E-state index contributed by atoms with van der Waals surface area (Å²) in [4.78, 5) is 38.5. The molecule has 2 unspecified atom stereocenters. The molecule has 1 fully saturated rings. The molecular formula is C37H41F3N8O2S. The van der Waals surface area contributed by atoms with Crippen molar-refractivity contribution in [1.29, 1.82) is 5.26 Å². The standard InChI is InChI=1S/C37H41F3N8O2S/c1-4-24(22(2)18-42-35(50)31-6-5-7-33(49)46-31)20-48-27(17-41)14-29-23(3)25(8-9-32(29)48)19-47-12-10-26(11-13-47)45-34-30-15-28(16-37(38,39)40)51-36(30)44-21-43-34/h5-9,14-15,21-22,24,26H,4,10-13,16,18-20H2,1-3H3,(H,42,50)(H,46,49)(H,43,44,45). The summed E-state index contributed by atoms with van der Waals surface area (Å²) < 4.78 is 41.0. The molecule has 4 aromatic heterocycles. The average molecular weight is 719 g/mol. The van der Waals surface area contributed by atoms with Crippen LogP contribution in [0.15, 0.2) is 53.6 Å². The van der Waals surface area contributed by atoms with Gasteiger partial charge in [0.1, 0.15) is 34.4 Å². The number of thiophene rings is 1. The largest absolute Gasteiger partial charge is 0.393 e. The van der Waals surface area contributed by atoms with Gasteiger partial charge < -0.3 is 20.2 Å². The van der Waals surface area contributed by atoms with E-state index in [1.165, 1.54) is 18.0 Å². The first-order valence-corrected chi connectivity index (χ1v) is 18.0. The SMILES string of the molecule is CCC(Cn1c(C#N)cc2c(C)c(CN3CCC(Nc4ncnc5sc(CC(F)(F)F)cc45)CC3)ccc21)C(C)CNC(=O)c1cccc(=O)[nH]1. The molecule has 0 saturated carbocycles. The third-order valence-corrected chi connectivity index (χ3v) is 11.0. The number of pyridine rings is 1. The Kier molecular flexibility index (Phi) is 10.8. The van der Waals surface area contributed by atoms with E-state index in [1.54, 1.807) is 18.2 Å². The number of rotatable bonds is 12. The number of halogens is 3. The minimum atomic E-state index is -4.27. The third kappa shape index (κ3) is 8.43. The molecule has 1 saturated heterocycles. The summed E-state index contributed by atoms with van der Waals surface area (Å²) in [6.07, 6.45) is -1.26. The van der Waals surface area contributed by atoms with E-state index in [0.29, 0.717) is 34.8 Å². The predicted octanol–water partition coefficient (Wildman–Crippen LogP) is 6.79. The Morgan fingerprint density at radius 1 is 1.16 bits per heavy atom. The van der Waals surface area contributed by atoms with Crippen LogP contribution in [-0.4, -0.2) is 62.2 Å². The monoisotopic (exact) mass is 718 g/mol. The Labute approximate surface area is 297 Å².